The highest BCUT2D eigenvalue weighted by Gasteiger charge is 2.43. The van der Waals surface area contributed by atoms with Gasteiger partial charge in [-0.2, -0.15) is 0 Å². The zero-order valence-electron chi connectivity index (χ0n) is 22.8. The summed E-state index contributed by atoms with van der Waals surface area (Å²) in [7, 11) is 0. The number of nitrogens with zero attached hydrogens (tertiary/aromatic N) is 4. The number of amides is 2. The van der Waals surface area contributed by atoms with E-state index in [4.69, 9.17) is 17.0 Å². The molecule has 2 fully saturated rings. The van der Waals surface area contributed by atoms with Crippen LogP contribution in [0.15, 0.2) is 48.5 Å². The molecule has 1 atom stereocenters. The zero-order chi connectivity index (χ0) is 27.8. The Hall–Kier alpha value is -3.08. The molecule has 2 amide bonds. The highest BCUT2D eigenvalue weighted by atomic mass is 32.1. The molecule has 0 unspecified atom stereocenters. The first-order chi connectivity index (χ1) is 18.9. The molecular weight excluding hydrogens is 517 g/mol. The Kier molecular flexibility index (Phi) is 10.2. The minimum Gasteiger partial charge on any atom is -0.494 e. The number of anilines is 2. The van der Waals surface area contributed by atoms with Gasteiger partial charge in [-0.25, -0.2) is 4.39 Å². The molecule has 0 aromatic heterocycles. The van der Waals surface area contributed by atoms with Gasteiger partial charge >= 0.3 is 0 Å². The number of thiocarbonyl (C=S) groups is 1. The molecule has 0 aliphatic carbocycles. The molecule has 1 N–H and O–H groups in total. The third-order valence-corrected chi connectivity index (χ3v) is 7.60. The van der Waals surface area contributed by atoms with Gasteiger partial charge in [0, 0.05) is 38.4 Å². The summed E-state index contributed by atoms with van der Waals surface area (Å²) in [6.45, 7) is 11.5. The van der Waals surface area contributed by atoms with Gasteiger partial charge in [0.1, 0.15) is 17.6 Å². The fourth-order valence-electron chi connectivity index (χ4n) is 4.95. The molecule has 4 rings (SSSR count). The van der Waals surface area contributed by atoms with Crippen LogP contribution in [-0.4, -0.2) is 90.1 Å². The van der Waals surface area contributed by atoms with Crippen molar-refractivity contribution in [2.45, 2.75) is 39.2 Å². The SMILES string of the molecule is CCCOc1ccc(NC(=O)C[C@H]2C(=O)N(c3ccc(F)cc3)C(=S)N2CCCN2CCN(CC)CC2)cc1. The number of carbonyl (C=O) groups excluding carboxylic acids is 2. The predicted octanol–water partition coefficient (Wildman–Crippen LogP) is 3.97. The lowest BCUT2D eigenvalue weighted by Crippen LogP contribution is -2.47. The zero-order valence-corrected chi connectivity index (χ0v) is 23.6. The smallest absolute Gasteiger partial charge is 0.256 e. The molecule has 2 aromatic carbocycles. The molecule has 8 nitrogen and oxygen atoms in total. The van der Waals surface area contributed by atoms with Crippen molar-refractivity contribution >= 4 is 40.5 Å². The van der Waals surface area contributed by atoms with Gasteiger partial charge in [-0.05, 0) is 86.7 Å². The number of likely N-dealkylation sites (N-methyl/N-ethyl adjacent to an activating group) is 1. The number of hydrogen-bond acceptors (Lipinski definition) is 6. The van der Waals surface area contributed by atoms with Crippen molar-refractivity contribution in [3.8, 4) is 5.75 Å². The van der Waals surface area contributed by atoms with Crippen molar-refractivity contribution in [2.24, 2.45) is 0 Å². The second-order valence-electron chi connectivity index (χ2n) is 9.90. The van der Waals surface area contributed by atoms with E-state index >= 15 is 0 Å². The maximum atomic E-state index is 13.6. The summed E-state index contributed by atoms with van der Waals surface area (Å²) in [6.07, 6.45) is 1.69. The van der Waals surface area contributed by atoms with E-state index in [1.165, 1.54) is 29.2 Å². The standard InChI is InChI=1S/C29H38FN5O3S/c1-3-20-38-25-12-8-23(9-13-25)31-27(36)21-26-28(37)35(24-10-6-22(30)7-11-24)29(39)34(26)15-5-14-33-18-16-32(4-2)17-19-33/h6-13,26H,3-5,14-21H2,1-2H3,(H,31,36)/t26-/m0/s1. The lowest BCUT2D eigenvalue weighted by molar-refractivity contribution is -0.124. The number of carbonyl (C=O) groups is 2. The summed E-state index contributed by atoms with van der Waals surface area (Å²) in [4.78, 5) is 34.8. The third kappa shape index (κ3) is 7.52. The van der Waals surface area contributed by atoms with Crippen LogP contribution in [0.5, 0.6) is 5.75 Å². The predicted molar refractivity (Wildman–Crippen MR) is 156 cm³/mol. The Labute approximate surface area is 235 Å². The van der Waals surface area contributed by atoms with Crippen LogP contribution in [0.3, 0.4) is 0 Å². The monoisotopic (exact) mass is 555 g/mol. The van der Waals surface area contributed by atoms with Crippen molar-refractivity contribution in [1.82, 2.24) is 14.7 Å². The molecule has 0 spiro atoms. The van der Waals surface area contributed by atoms with Crippen LogP contribution in [-0.2, 0) is 9.59 Å². The van der Waals surface area contributed by atoms with Gasteiger partial charge in [0.15, 0.2) is 5.11 Å². The van der Waals surface area contributed by atoms with Crippen molar-refractivity contribution < 1.29 is 18.7 Å². The number of ether oxygens (including phenoxy) is 1. The minimum absolute atomic E-state index is 0.0417. The molecule has 2 saturated heterocycles. The summed E-state index contributed by atoms with van der Waals surface area (Å²) in [5.41, 5.74) is 1.13. The Morgan fingerprint density at radius 2 is 1.67 bits per heavy atom. The van der Waals surface area contributed by atoms with Crippen LogP contribution in [0.1, 0.15) is 33.1 Å². The highest BCUT2D eigenvalue weighted by molar-refractivity contribution is 7.80. The Bertz CT molecular complexity index is 1120. The van der Waals surface area contributed by atoms with Crippen LogP contribution < -0.4 is 15.0 Å². The van der Waals surface area contributed by atoms with Crippen LogP contribution >= 0.6 is 12.2 Å². The molecule has 2 aromatic rings. The van der Waals surface area contributed by atoms with E-state index in [2.05, 4.69) is 22.0 Å². The fourth-order valence-corrected chi connectivity index (χ4v) is 5.36. The van der Waals surface area contributed by atoms with E-state index in [9.17, 15) is 14.0 Å². The second kappa shape index (κ2) is 13.8. The van der Waals surface area contributed by atoms with Crippen molar-refractivity contribution in [1.29, 1.82) is 0 Å². The Morgan fingerprint density at radius 3 is 2.31 bits per heavy atom. The summed E-state index contributed by atoms with van der Waals surface area (Å²) in [5.74, 6) is -0.205. The van der Waals surface area contributed by atoms with E-state index in [1.54, 1.807) is 12.1 Å². The molecule has 0 saturated carbocycles. The van der Waals surface area contributed by atoms with E-state index in [0.717, 1.165) is 57.9 Å². The summed E-state index contributed by atoms with van der Waals surface area (Å²) < 4.78 is 19.2. The highest BCUT2D eigenvalue weighted by Crippen LogP contribution is 2.28. The quantitative estimate of drug-likeness (QED) is 0.398. The van der Waals surface area contributed by atoms with Gasteiger partial charge in [-0.3, -0.25) is 14.5 Å². The Morgan fingerprint density at radius 1 is 1.00 bits per heavy atom. The molecule has 2 heterocycles. The van der Waals surface area contributed by atoms with Crippen LogP contribution in [0.4, 0.5) is 15.8 Å². The summed E-state index contributed by atoms with van der Waals surface area (Å²) in [6, 6.07) is 12.1. The molecule has 2 aliphatic heterocycles. The lowest BCUT2D eigenvalue weighted by atomic mass is 10.1. The van der Waals surface area contributed by atoms with E-state index in [0.29, 0.717) is 29.6 Å². The van der Waals surface area contributed by atoms with Gasteiger partial charge in [0.25, 0.3) is 5.91 Å². The van der Waals surface area contributed by atoms with Crippen LogP contribution in [0.25, 0.3) is 0 Å². The number of benzene rings is 2. The molecule has 0 radical (unpaired) electrons. The first kappa shape index (κ1) is 28.9. The molecular formula is C29H38FN5O3S. The van der Waals surface area contributed by atoms with Crippen molar-refractivity contribution in [2.75, 3.05) is 62.6 Å². The first-order valence-corrected chi connectivity index (χ1v) is 14.2. The molecule has 0 bridgehead atoms. The lowest BCUT2D eigenvalue weighted by Gasteiger charge is -2.34. The van der Waals surface area contributed by atoms with Crippen molar-refractivity contribution in [3.63, 3.8) is 0 Å². The van der Waals surface area contributed by atoms with Gasteiger partial charge < -0.3 is 24.8 Å². The van der Waals surface area contributed by atoms with E-state index in [1.807, 2.05) is 24.0 Å². The van der Waals surface area contributed by atoms with E-state index < -0.39 is 11.9 Å². The molecule has 39 heavy (non-hydrogen) atoms. The number of nitrogens with one attached hydrogen (secondary N) is 1. The van der Waals surface area contributed by atoms with Gasteiger partial charge in [-0.15, -0.1) is 0 Å². The van der Waals surface area contributed by atoms with Crippen LogP contribution in [0, 0.1) is 5.82 Å². The average molecular weight is 556 g/mol. The third-order valence-electron chi connectivity index (χ3n) is 7.18. The van der Waals surface area contributed by atoms with Gasteiger partial charge in [-0.1, -0.05) is 13.8 Å². The number of piperazine rings is 1. The van der Waals surface area contributed by atoms with E-state index in [-0.39, 0.29) is 18.2 Å². The van der Waals surface area contributed by atoms with Gasteiger partial charge in [0.05, 0.1) is 18.7 Å². The molecule has 210 valence electrons. The molecule has 2 aliphatic rings. The number of rotatable bonds is 12. The summed E-state index contributed by atoms with van der Waals surface area (Å²) >= 11 is 5.73. The average Bonchev–Trinajstić information content (AvgIpc) is 3.17. The second-order valence-corrected chi connectivity index (χ2v) is 10.3. The topological polar surface area (TPSA) is 68.4 Å². The Balaban J connectivity index is 1.42. The number of halogens is 1. The van der Waals surface area contributed by atoms with Gasteiger partial charge in [0.2, 0.25) is 5.91 Å². The first-order valence-electron chi connectivity index (χ1n) is 13.8. The number of hydrogen-bond donors (Lipinski definition) is 1. The maximum absolute atomic E-state index is 13.6. The summed E-state index contributed by atoms with van der Waals surface area (Å²) in [5, 5.41) is 3.23. The minimum atomic E-state index is -0.730. The van der Waals surface area contributed by atoms with Crippen molar-refractivity contribution in [3.05, 3.63) is 54.3 Å². The van der Waals surface area contributed by atoms with Crippen LogP contribution in [0.2, 0.25) is 0 Å². The normalized spacial score (nSPS) is 18.6. The maximum Gasteiger partial charge on any atom is 0.256 e. The fraction of sp³-hybridized carbons (Fsp3) is 0.483. The largest absolute Gasteiger partial charge is 0.494 e. The molecule has 10 heteroatoms.